The van der Waals surface area contributed by atoms with Gasteiger partial charge in [-0.3, -0.25) is 4.79 Å². The number of aromatic nitrogens is 2. The number of carbonyl (C=O) groups is 1. The Bertz CT molecular complexity index is 533. The standard InChI is InChI=1S/C9H10N2.C4H7NO2.C2H6/c1-7-5-8(2)9-10-3-4-11(9)6-7;6-3-5-4-1-7-2-4;1-2/h3-6H,1-2H3;3-4H,1-2H2,(H,5,6);1-2H3. The molecule has 20 heavy (non-hydrogen) atoms. The average molecular weight is 277 g/mol. The molecule has 2 aromatic heterocycles. The van der Waals surface area contributed by atoms with Gasteiger partial charge in [0.1, 0.15) is 5.65 Å². The van der Waals surface area contributed by atoms with Crippen molar-refractivity contribution in [2.75, 3.05) is 13.2 Å². The van der Waals surface area contributed by atoms with E-state index in [1.165, 1.54) is 11.1 Å². The highest BCUT2D eigenvalue weighted by molar-refractivity contribution is 5.48. The van der Waals surface area contributed by atoms with Gasteiger partial charge in [-0.05, 0) is 25.0 Å². The van der Waals surface area contributed by atoms with Crippen LogP contribution >= 0.6 is 0 Å². The number of nitrogens with zero attached hydrogens (tertiary/aromatic N) is 2. The number of aryl methyl sites for hydroxylation is 2. The molecule has 110 valence electrons. The van der Waals surface area contributed by atoms with Crippen molar-refractivity contribution in [3.05, 3.63) is 35.8 Å². The summed E-state index contributed by atoms with van der Waals surface area (Å²) >= 11 is 0. The van der Waals surface area contributed by atoms with E-state index in [4.69, 9.17) is 4.74 Å². The van der Waals surface area contributed by atoms with Gasteiger partial charge in [-0.15, -0.1) is 0 Å². The first-order valence-electron chi connectivity index (χ1n) is 6.88. The van der Waals surface area contributed by atoms with E-state index in [0.29, 0.717) is 19.6 Å². The molecule has 3 rings (SSSR count). The summed E-state index contributed by atoms with van der Waals surface area (Å²) in [5.41, 5.74) is 3.55. The maximum absolute atomic E-state index is 9.64. The van der Waals surface area contributed by atoms with E-state index in [9.17, 15) is 4.79 Å². The lowest BCUT2D eigenvalue weighted by atomic mass is 10.2. The molecule has 0 spiro atoms. The molecular weight excluding hydrogens is 254 g/mol. The van der Waals surface area contributed by atoms with E-state index in [2.05, 4.69) is 36.4 Å². The van der Waals surface area contributed by atoms with E-state index in [-0.39, 0.29) is 6.04 Å². The van der Waals surface area contributed by atoms with Crippen molar-refractivity contribution in [1.82, 2.24) is 14.7 Å². The van der Waals surface area contributed by atoms with Crippen molar-refractivity contribution in [1.29, 1.82) is 0 Å². The number of hydrogen-bond donors (Lipinski definition) is 1. The van der Waals surface area contributed by atoms with Crippen molar-refractivity contribution in [3.8, 4) is 0 Å². The Kier molecular flexibility index (Phi) is 6.73. The molecule has 3 heterocycles. The molecular formula is C15H23N3O2. The van der Waals surface area contributed by atoms with Gasteiger partial charge in [0.25, 0.3) is 0 Å². The predicted molar refractivity (Wildman–Crippen MR) is 79.8 cm³/mol. The summed E-state index contributed by atoms with van der Waals surface area (Å²) in [6.07, 6.45) is 6.57. The fourth-order valence-corrected chi connectivity index (χ4v) is 1.81. The van der Waals surface area contributed by atoms with Crippen LogP contribution in [0.25, 0.3) is 5.65 Å². The number of rotatable bonds is 2. The predicted octanol–water partition coefficient (Wildman–Crippen LogP) is 2.11. The van der Waals surface area contributed by atoms with E-state index in [0.717, 1.165) is 5.65 Å². The van der Waals surface area contributed by atoms with Gasteiger partial charge in [-0.1, -0.05) is 19.9 Å². The number of fused-ring (bicyclic) bond motifs is 1. The zero-order valence-corrected chi connectivity index (χ0v) is 12.6. The molecule has 1 amide bonds. The lowest BCUT2D eigenvalue weighted by Crippen LogP contribution is -2.45. The molecule has 1 aliphatic rings. The van der Waals surface area contributed by atoms with E-state index in [1.807, 2.05) is 30.6 Å². The quantitative estimate of drug-likeness (QED) is 0.855. The third kappa shape index (κ3) is 4.35. The molecule has 0 bridgehead atoms. The van der Waals surface area contributed by atoms with Gasteiger partial charge in [0.15, 0.2) is 0 Å². The van der Waals surface area contributed by atoms with E-state index in [1.54, 1.807) is 0 Å². The second-order valence-corrected chi connectivity index (χ2v) is 4.38. The van der Waals surface area contributed by atoms with Crippen LogP contribution in [0.2, 0.25) is 0 Å². The molecule has 2 aromatic rings. The minimum Gasteiger partial charge on any atom is -0.377 e. The smallest absolute Gasteiger partial charge is 0.207 e. The SMILES string of the molecule is CC.Cc1cc(C)c2nccn2c1.O=CNC1COC1. The van der Waals surface area contributed by atoms with E-state index < -0.39 is 0 Å². The van der Waals surface area contributed by atoms with Crippen LogP contribution in [0.1, 0.15) is 25.0 Å². The number of pyridine rings is 1. The van der Waals surface area contributed by atoms with Crippen molar-refractivity contribution >= 4 is 12.1 Å². The number of hydrogen-bond acceptors (Lipinski definition) is 3. The van der Waals surface area contributed by atoms with Crippen molar-refractivity contribution in [3.63, 3.8) is 0 Å². The third-order valence-electron chi connectivity index (χ3n) is 2.75. The molecule has 5 nitrogen and oxygen atoms in total. The van der Waals surface area contributed by atoms with Gasteiger partial charge < -0.3 is 14.5 Å². The highest BCUT2D eigenvalue weighted by Crippen LogP contribution is 2.09. The Morgan fingerprint density at radius 1 is 1.40 bits per heavy atom. The minimum atomic E-state index is 0.289. The Hall–Kier alpha value is -1.88. The topological polar surface area (TPSA) is 55.6 Å². The first-order valence-corrected chi connectivity index (χ1v) is 6.88. The number of nitrogens with one attached hydrogen (secondary N) is 1. The summed E-state index contributed by atoms with van der Waals surface area (Å²) in [7, 11) is 0. The molecule has 0 saturated carbocycles. The Morgan fingerprint density at radius 2 is 2.10 bits per heavy atom. The van der Waals surface area contributed by atoms with E-state index >= 15 is 0 Å². The molecule has 1 fully saturated rings. The van der Waals surface area contributed by atoms with Crippen LogP contribution in [0.3, 0.4) is 0 Å². The van der Waals surface area contributed by atoms with Crippen LogP contribution in [0.5, 0.6) is 0 Å². The fourth-order valence-electron chi connectivity index (χ4n) is 1.81. The Morgan fingerprint density at radius 3 is 2.60 bits per heavy atom. The average Bonchev–Trinajstić information content (AvgIpc) is 2.85. The second kappa shape index (κ2) is 8.32. The molecule has 0 radical (unpaired) electrons. The summed E-state index contributed by atoms with van der Waals surface area (Å²) in [5.74, 6) is 0. The van der Waals surface area contributed by atoms with Crippen LogP contribution in [0.15, 0.2) is 24.7 Å². The molecule has 0 unspecified atom stereocenters. The lowest BCUT2D eigenvalue weighted by molar-refractivity contribution is -0.113. The molecule has 1 aliphatic heterocycles. The summed E-state index contributed by atoms with van der Waals surface area (Å²) < 4.78 is 6.81. The van der Waals surface area contributed by atoms with Crippen LogP contribution in [0.4, 0.5) is 0 Å². The highest BCUT2D eigenvalue weighted by atomic mass is 16.5. The van der Waals surface area contributed by atoms with Gasteiger partial charge >= 0.3 is 0 Å². The summed E-state index contributed by atoms with van der Waals surface area (Å²) in [4.78, 5) is 13.9. The lowest BCUT2D eigenvalue weighted by Gasteiger charge is -2.24. The van der Waals surface area contributed by atoms with Crippen molar-refractivity contribution in [2.24, 2.45) is 0 Å². The monoisotopic (exact) mass is 277 g/mol. The third-order valence-corrected chi connectivity index (χ3v) is 2.75. The maximum Gasteiger partial charge on any atom is 0.207 e. The first kappa shape index (κ1) is 16.2. The molecule has 1 N–H and O–H groups in total. The van der Waals surface area contributed by atoms with Crippen LogP contribution in [0, 0.1) is 13.8 Å². The maximum atomic E-state index is 9.64. The molecule has 0 aliphatic carbocycles. The van der Waals surface area contributed by atoms with Gasteiger partial charge in [-0.2, -0.15) is 0 Å². The summed E-state index contributed by atoms with van der Waals surface area (Å²) in [6.45, 7) is 9.53. The van der Waals surface area contributed by atoms with Crippen LogP contribution < -0.4 is 5.32 Å². The van der Waals surface area contributed by atoms with Crippen molar-refractivity contribution < 1.29 is 9.53 Å². The minimum absolute atomic E-state index is 0.289. The number of amides is 1. The molecule has 0 atom stereocenters. The largest absolute Gasteiger partial charge is 0.377 e. The zero-order chi connectivity index (χ0) is 15.0. The van der Waals surface area contributed by atoms with Gasteiger partial charge in [0, 0.05) is 18.6 Å². The van der Waals surface area contributed by atoms with Gasteiger partial charge in [-0.25, -0.2) is 4.98 Å². The number of carbonyl (C=O) groups excluding carboxylic acids is 1. The summed E-state index contributed by atoms with van der Waals surface area (Å²) in [6, 6.07) is 2.43. The van der Waals surface area contributed by atoms with Gasteiger partial charge in [0.05, 0.1) is 19.3 Å². The molecule has 0 aromatic carbocycles. The normalized spacial score (nSPS) is 13.4. The van der Waals surface area contributed by atoms with Crippen LogP contribution in [-0.2, 0) is 9.53 Å². The van der Waals surface area contributed by atoms with Crippen molar-refractivity contribution in [2.45, 2.75) is 33.7 Å². The summed E-state index contributed by atoms with van der Waals surface area (Å²) in [5, 5.41) is 2.58. The fraction of sp³-hybridized carbons (Fsp3) is 0.467. The van der Waals surface area contributed by atoms with Crippen LogP contribution in [-0.4, -0.2) is 35.1 Å². The highest BCUT2D eigenvalue weighted by Gasteiger charge is 2.15. The molecule has 1 saturated heterocycles. The van der Waals surface area contributed by atoms with Gasteiger partial charge in [0.2, 0.25) is 6.41 Å². The zero-order valence-electron chi connectivity index (χ0n) is 12.6. The Balaban J connectivity index is 0.000000193. The second-order valence-electron chi connectivity index (χ2n) is 4.38. The molecule has 5 heteroatoms. The Labute approximate surface area is 120 Å². The number of ether oxygens (including phenoxy) is 1. The number of imidazole rings is 1. The first-order chi connectivity index (χ1) is 9.70.